The molecule has 0 spiro atoms. The molecule has 2 unspecified atom stereocenters. The molecule has 0 radical (unpaired) electrons. The molecule has 5 heteroatoms. The molecule has 2 aromatic rings. The lowest BCUT2D eigenvalue weighted by Crippen LogP contribution is -2.31. The number of halogens is 3. The highest BCUT2D eigenvalue weighted by Gasteiger charge is 2.33. The highest BCUT2D eigenvalue weighted by atomic mass is 19.4. The minimum absolute atomic E-state index is 0.0324. The maximum atomic E-state index is 13.0. The van der Waals surface area contributed by atoms with Gasteiger partial charge in [0.05, 0.1) is 18.8 Å². The Morgan fingerprint density at radius 2 is 1.71 bits per heavy atom. The normalized spacial score (nSPS) is 21.1. The highest BCUT2D eigenvalue weighted by molar-refractivity contribution is 5.29. The summed E-state index contributed by atoms with van der Waals surface area (Å²) < 4.78 is 44.6. The van der Waals surface area contributed by atoms with Crippen molar-refractivity contribution in [3.8, 4) is 0 Å². The van der Waals surface area contributed by atoms with E-state index in [1.165, 1.54) is 17.7 Å². The van der Waals surface area contributed by atoms with Gasteiger partial charge in [0.15, 0.2) is 0 Å². The zero-order valence-electron chi connectivity index (χ0n) is 13.2. The Hall–Kier alpha value is -1.85. The summed E-state index contributed by atoms with van der Waals surface area (Å²) in [4.78, 5) is 0. The molecular weight excluding hydrogens is 315 g/mol. The molecule has 1 aliphatic rings. The molecule has 1 fully saturated rings. The van der Waals surface area contributed by atoms with E-state index < -0.39 is 11.7 Å². The van der Waals surface area contributed by atoms with Crippen LogP contribution in [0.1, 0.15) is 29.0 Å². The second-order valence-electron chi connectivity index (χ2n) is 6.04. The molecule has 1 saturated heterocycles. The number of benzene rings is 2. The van der Waals surface area contributed by atoms with Gasteiger partial charge in [0.25, 0.3) is 0 Å². The standard InChI is InChI=1S/C19H20F3NO/c20-19(21,22)17-9-5-4-8-15(17)12-24-13-18-16(10-11-23-18)14-6-2-1-3-7-14/h1-9,16,18,23H,10-13H2. The fourth-order valence-electron chi connectivity index (χ4n) is 3.26. The lowest BCUT2D eigenvalue weighted by atomic mass is 9.92. The largest absolute Gasteiger partial charge is 0.416 e. The molecule has 0 amide bonds. The van der Waals surface area contributed by atoms with Crippen LogP contribution >= 0.6 is 0 Å². The second kappa shape index (κ2) is 7.36. The molecule has 0 aliphatic carbocycles. The van der Waals surface area contributed by atoms with E-state index in [-0.39, 0.29) is 18.2 Å². The van der Waals surface area contributed by atoms with Gasteiger partial charge in [-0.2, -0.15) is 13.2 Å². The number of ether oxygens (including phenoxy) is 1. The molecular formula is C19H20F3NO. The van der Waals surface area contributed by atoms with Crippen molar-refractivity contribution >= 4 is 0 Å². The van der Waals surface area contributed by atoms with Gasteiger partial charge in [-0.25, -0.2) is 0 Å². The average Bonchev–Trinajstić information content (AvgIpc) is 3.04. The second-order valence-corrected chi connectivity index (χ2v) is 6.04. The van der Waals surface area contributed by atoms with Crippen LogP contribution in [0.25, 0.3) is 0 Å². The summed E-state index contributed by atoms with van der Waals surface area (Å²) in [5.41, 5.74) is 0.801. The van der Waals surface area contributed by atoms with Gasteiger partial charge in [-0.05, 0) is 30.2 Å². The molecule has 1 aliphatic heterocycles. The quantitative estimate of drug-likeness (QED) is 0.876. The molecule has 1 heterocycles. The lowest BCUT2D eigenvalue weighted by Gasteiger charge is -2.20. The third-order valence-corrected chi connectivity index (χ3v) is 4.45. The van der Waals surface area contributed by atoms with Gasteiger partial charge >= 0.3 is 6.18 Å². The van der Waals surface area contributed by atoms with Crippen molar-refractivity contribution in [1.29, 1.82) is 0 Å². The summed E-state index contributed by atoms with van der Waals surface area (Å²) in [6, 6.07) is 15.9. The molecule has 1 N–H and O–H groups in total. The van der Waals surface area contributed by atoms with Gasteiger partial charge in [-0.15, -0.1) is 0 Å². The third-order valence-electron chi connectivity index (χ3n) is 4.45. The summed E-state index contributed by atoms with van der Waals surface area (Å²) in [5.74, 6) is 0.337. The van der Waals surface area contributed by atoms with E-state index in [1.807, 2.05) is 18.2 Å². The van der Waals surface area contributed by atoms with Crippen molar-refractivity contribution in [1.82, 2.24) is 5.32 Å². The summed E-state index contributed by atoms with van der Waals surface area (Å²) >= 11 is 0. The third kappa shape index (κ3) is 3.97. The van der Waals surface area contributed by atoms with Crippen LogP contribution in [-0.2, 0) is 17.5 Å². The van der Waals surface area contributed by atoms with Crippen molar-refractivity contribution in [3.05, 3.63) is 71.3 Å². The summed E-state index contributed by atoms with van der Waals surface area (Å²) in [7, 11) is 0. The predicted octanol–water partition coefficient (Wildman–Crippen LogP) is 4.37. The zero-order chi connectivity index (χ0) is 17.0. The first-order chi connectivity index (χ1) is 11.6. The minimum Gasteiger partial charge on any atom is -0.375 e. The molecule has 0 saturated carbocycles. The molecule has 128 valence electrons. The molecule has 0 bridgehead atoms. The van der Waals surface area contributed by atoms with E-state index in [9.17, 15) is 13.2 Å². The van der Waals surface area contributed by atoms with Crippen LogP contribution in [0.5, 0.6) is 0 Å². The molecule has 2 nitrogen and oxygen atoms in total. The maximum Gasteiger partial charge on any atom is 0.416 e. The van der Waals surface area contributed by atoms with E-state index in [1.54, 1.807) is 6.07 Å². The minimum atomic E-state index is -4.35. The Morgan fingerprint density at radius 3 is 2.46 bits per heavy atom. The molecule has 24 heavy (non-hydrogen) atoms. The summed E-state index contributed by atoms with van der Waals surface area (Å²) in [5, 5.41) is 3.39. The van der Waals surface area contributed by atoms with Crippen molar-refractivity contribution in [2.24, 2.45) is 0 Å². The van der Waals surface area contributed by atoms with Crippen molar-refractivity contribution in [3.63, 3.8) is 0 Å². The van der Waals surface area contributed by atoms with Gasteiger partial charge in [-0.1, -0.05) is 48.5 Å². The fourth-order valence-corrected chi connectivity index (χ4v) is 3.26. The first-order valence-corrected chi connectivity index (χ1v) is 8.07. The molecule has 2 atom stereocenters. The van der Waals surface area contributed by atoms with Crippen LogP contribution in [0.3, 0.4) is 0 Å². The SMILES string of the molecule is FC(F)(F)c1ccccc1COCC1NCCC1c1ccccc1. The van der Waals surface area contributed by atoms with Crippen LogP contribution in [0.15, 0.2) is 54.6 Å². The molecule has 0 aromatic heterocycles. The van der Waals surface area contributed by atoms with E-state index in [0.717, 1.165) is 19.0 Å². The molecule has 2 aromatic carbocycles. The molecule has 3 rings (SSSR count). The van der Waals surface area contributed by atoms with Gasteiger partial charge < -0.3 is 10.1 Å². The Balaban J connectivity index is 1.61. The summed E-state index contributed by atoms with van der Waals surface area (Å²) in [6.45, 7) is 1.26. The number of alkyl halides is 3. The van der Waals surface area contributed by atoms with Crippen molar-refractivity contribution in [2.45, 2.75) is 31.2 Å². The van der Waals surface area contributed by atoms with Gasteiger partial charge in [0.1, 0.15) is 0 Å². The highest BCUT2D eigenvalue weighted by Crippen LogP contribution is 2.32. The van der Waals surface area contributed by atoms with Gasteiger partial charge in [0, 0.05) is 12.0 Å². The first kappa shape index (κ1) is 17.0. The fraction of sp³-hybridized carbons (Fsp3) is 0.368. The van der Waals surface area contributed by atoms with Gasteiger partial charge in [-0.3, -0.25) is 0 Å². The monoisotopic (exact) mass is 335 g/mol. The number of rotatable bonds is 5. The Kier molecular flexibility index (Phi) is 5.21. The van der Waals surface area contributed by atoms with Crippen molar-refractivity contribution < 1.29 is 17.9 Å². The van der Waals surface area contributed by atoms with Crippen LogP contribution in [-0.4, -0.2) is 19.2 Å². The number of hydrogen-bond acceptors (Lipinski definition) is 2. The number of nitrogens with one attached hydrogen (secondary N) is 1. The van der Waals surface area contributed by atoms with E-state index in [4.69, 9.17) is 4.74 Å². The predicted molar refractivity (Wildman–Crippen MR) is 86.7 cm³/mol. The Bertz CT molecular complexity index is 657. The Morgan fingerprint density at radius 1 is 1.00 bits per heavy atom. The number of hydrogen-bond donors (Lipinski definition) is 1. The lowest BCUT2D eigenvalue weighted by molar-refractivity contribution is -0.138. The van der Waals surface area contributed by atoms with Crippen LogP contribution in [0.4, 0.5) is 13.2 Å². The van der Waals surface area contributed by atoms with Crippen LogP contribution in [0, 0.1) is 0 Å². The summed E-state index contributed by atoms with van der Waals surface area (Å²) in [6.07, 6.45) is -3.34. The zero-order valence-corrected chi connectivity index (χ0v) is 13.2. The maximum absolute atomic E-state index is 13.0. The van der Waals surface area contributed by atoms with Crippen molar-refractivity contribution in [2.75, 3.05) is 13.2 Å². The first-order valence-electron chi connectivity index (χ1n) is 8.07. The average molecular weight is 335 g/mol. The topological polar surface area (TPSA) is 21.3 Å². The van der Waals surface area contributed by atoms with E-state index in [2.05, 4.69) is 17.4 Å². The van der Waals surface area contributed by atoms with Crippen LogP contribution in [0.2, 0.25) is 0 Å². The smallest absolute Gasteiger partial charge is 0.375 e. The van der Waals surface area contributed by atoms with E-state index >= 15 is 0 Å². The Labute approximate surface area is 139 Å². The van der Waals surface area contributed by atoms with Crippen LogP contribution < -0.4 is 5.32 Å². The van der Waals surface area contributed by atoms with Gasteiger partial charge in [0.2, 0.25) is 0 Å². The van der Waals surface area contributed by atoms with E-state index in [0.29, 0.717) is 12.5 Å².